The second-order valence-electron chi connectivity index (χ2n) is 5.93. The molecule has 3 aromatic rings. The predicted molar refractivity (Wildman–Crippen MR) is 103 cm³/mol. The first kappa shape index (κ1) is 16.3. The molecule has 0 aliphatic rings. The summed E-state index contributed by atoms with van der Waals surface area (Å²) in [5, 5.41) is 4.54. The topological polar surface area (TPSA) is 17.3 Å². The highest BCUT2D eigenvalue weighted by atomic mass is 35.5. The Labute approximate surface area is 147 Å². The van der Waals surface area contributed by atoms with Crippen LogP contribution in [0.2, 0.25) is 10.0 Å². The van der Waals surface area contributed by atoms with Crippen LogP contribution < -0.4 is 0 Å². The Balaban J connectivity index is 2.29. The zero-order valence-electron chi connectivity index (χ0n) is 13.1. The van der Waals surface area contributed by atoms with Crippen molar-refractivity contribution in [1.29, 1.82) is 0 Å². The second-order valence-corrected chi connectivity index (χ2v) is 10.6. The van der Waals surface area contributed by atoms with E-state index in [1.54, 1.807) is 6.07 Å². The number of aromatic nitrogens is 2. The number of imidazole rings is 1. The van der Waals surface area contributed by atoms with E-state index in [4.69, 9.17) is 28.2 Å². The summed E-state index contributed by atoms with van der Waals surface area (Å²) >= 11 is 12.4. The quantitative estimate of drug-likeness (QED) is 0.536. The molecular formula is C18H16Cl2N2S. The van der Waals surface area contributed by atoms with Crippen molar-refractivity contribution in [2.45, 2.75) is 0 Å². The van der Waals surface area contributed by atoms with Crippen molar-refractivity contribution in [1.82, 2.24) is 9.38 Å². The van der Waals surface area contributed by atoms with E-state index in [2.05, 4.69) is 29.9 Å². The number of fused-ring (bicyclic) bond motifs is 1. The molecular weight excluding hydrogens is 347 g/mol. The van der Waals surface area contributed by atoms with Crippen LogP contribution in [0.3, 0.4) is 0 Å². The van der Waals surface area contributed by atoms with Crippen LogP contribution in [-0.2, 0) is 0 Å². The Morgan fingerprint density at radius 2 is 1.87 bits per heavy atom. The van der Waals surface area contributed by atoms with Gasteiger partial charge in [0.2, 0.25) is 0 Å². The Morgan fingerprint density at radius 3 is 2.57 bits per heavy atom. The number of benzene rings is 1. The highest BCUT2D eigenvalue weighted by Gasteiger charge is 2.15. The number of nitrogens with zero attached hydrogens (tertiary/aromatic N) is 2. The zero-order valence-corrected chi connectivity index (χ0v) is 15.4. The monoisotopic (exact) mass is 362 g/mol. The first-order valence-electron chi connectivity index (χ1n) is 6.99. The average Bonchev–Trinajstić information content (AvgIpc) is 2.82. The van der Waals surface area contributed by atoms with Crippen molar-refractivity contribution in [2.24, 2.45) is 0 Å². The number of pyridine rings is 1. The fraction of sp³-hybridized carbons (Fsp3) is 0.167. The molecule has 0 aliphatic heterocycles. The molecule has 0 saturated carbocycles. The maximum absolute atomic E-state index is 6.38. The van der Waals surface area contributed by atoms with Gasteiger partial charge >= 0.3 is 0 Å². The zero-order chi connectivity index (χ0) is 16.6. The molecule has 2 heterocycles. The normalized spacial score (nSPS) is 12.0. The lowest BCUT2D eigenvalue weighted by Gasteiger charge is -2.14. The third kappa shape index (κ3) is 3.50. The van der Waals surface area contributed by atoms with Crippen LogP contribution in [0.15, 0.2) is 42.6 Å². The summed E-state index contributed by atoms with van der Waals surface area (Å²) in [5.41, 5.74) is 3.33. The molecule has 23 heavy (non-hydrogen) atoms. The van der Waals surface area contributed by atoms with Gasteiger partial charge < -0.3 is 0 Å². The summed E-state index contributed by atoms with van der Waals surface area (Å²) in [6, 6.07) is 11.3. The predicted octanol–water partition coefficient (Wildman–Crippen LogP) is 5.31. The molecule has 0 aliphatic carbocycles. The Bertz CT molecular complexity index is 943. The van der Waals surface area contributed by atoms with Gasteiger partial charge in [-0.2, -0.15) is 10.0 Å². The van der Waals surface area contributed by atoms with E-state index in [0.29, 0.717) is 10.0 Å². The van der Waals surface area contributed by atoms with Gasteiger partial charge in [0, 0.05) is 16.8 Å². The lowest BCUT2D eigenvalue weighted by Crippen LogP contribution is -1.91. The molecule has 0 saturated heterocycles. The SMILES string of the molecule is CS(C)(C)C#Cc1c(-c2ccc(Cl)cc2Cl)nc2ccccn12. The van der Waals surface area contributed by atoms with Gasteiger partial charge in [0.1, 0.15) is 17.0 Å². The molecule has 2 nitrogen and oxygen atoms in total. The molecule has 2 aromatic heterocycles. The van der Waals surface area contributed by atoms with Gasteiger partial charge in [-0.15, -0.1) is 0 Å². The maximum Gasteiger partial charge on any atom is 0.138 e. The molecule has 0 N–H and O–H groups in total. The smallest absolute Gasteiger partial charge is 0.138 e. The van der Waals surface area contributed by atoms with E-state index in [1.807, 2.05) is 40.9 Å². The third-order valence-electron chi connectivity index (χ3n) is 3.19. The van der Waals surface area contributed by atoms with E-state index in [1.165, 1.54) is 0 Å². The van der Waals surface area contributed by atoms with Crippen molar-refractivity contribution < 1.29 is 0 Å². The van der Waals surface area contributed by atoms with E-state index in [9.17, 15) is 0 Å². The lowest BCUT2D eigenvalue weighted by atomic mass is 10.1. The van der Waals surface area contributed by atoms with Crippen molar-refractivity contribution in [3.63, 3.8) is 0 Å². The van der Waals surface area contributed by atoms with Crippen molar-refractivity contribution >= 4 is 38.9 Å². The molecule has 0 fully saturated rings. The van der Waals surface area contributed by atoms with Gasteiger partial charge in [0.15, 0.2) is 0 Å². The molecule has 0 unspecified atom stereocenters. The van der Waals surface area contributed by atoms with Crippen LogP contribution >= 0.6 is 33.2 Å². The van der Waals surface area contributed by atoms with E-state index >= 15 is 0 Å². The summed E-state index contributed by atoms with van der Waals surface area (Å²) in [6.45, 7) is 0. The largest absolute Gasteiger partial charge is 0.292 e. The van der Waals surface area contributed by atoms with Gasteiger partial charge in [-0.25, -0.2) is 4.98 Å². The van der Waals surface area contributed by atoms with Gasteiger partial charge in [0.05, 0.1) is 5.02 Å². The number of hydrogen-bond donors (Lipinski definition) is 0. The standard InChI is InChI=1S/C18H16Cl2N2S/c1-23(2,3)11-9-16-18(14-8-7-13(19)12-15(14)20)21-17-6-4-5-10-22(16)17/h4-8,10,12H,1-3H3. The summed E-state index contributed by atoms with van der Waals surface area (Å²) < 4.78 is 2.00. The molecule has 5 heteroatoms. The first-order chi connectivity index (χ1) is 10.8. The molecule has 0 bridgehead atoms. The van der Waals surface area contributed by atoms with Crippen LogP contribution in [-0.4, -0.2) is 28.2 Å². The number of halogens is 2. The Kier molecular flexibility index (Phi) is 4.33. The highest BCUT2D eigenvalue weighted by Crippen LogP contribution is 2.35. The minimum atomic E-state index is -0.941. The Morgan fingerprint density at radius 1 is 1.09 bits per heavy atom. The van der Waals surface area contributed by atoms with Gasteiger partial charge in [-0.3, -0.25) is 4.40 Å². The molecule has 118 valence electrons. The highest BCUT2D eigenvalue weighted by molar-refractivity contribution is 8.35. The molecule has 0 amide bonds. The van der Waals surface area contributed by atoms with E-state index < -0.39 is 10.0 Å². The maximum atomic E-state index is 6.38. The van der Waals surface area contributed by atoms with Crippen molar-refractivity contribution in [2.75, 3.05) is 18.8 Å². The number of rotatable bonds is 1. The average molecular weight is 363 g/mol. The minimum absolute atomic E-state index is 0.576. The summed E-state index contributed by atoms with van der Waals surface area (Å²) in [5.74, 6) is 3.31. The fourth-order valence-corrected chi connectivity index (χ4v) is 3.09. The summed E-state index contributed by atoms with van der Waals surface area (Å²) in [6.07, 6.45) is 8.46. The summed E-state index contributed by atoms with van der Waals surface area (Å²) in [4.78, 5) is 4.72. The summed E-state index contributed by atoms with van der Waals surface area (Å²) in [7, 11) is -0.941. The van der Waals surface area contributed by atoms with Gasteiger partial charge in [-0.05, 0) is 60.3 Å². The molecule has 1 aromatic carbocycles. The van der Waals surface area contributed by atoms with Crippen LogP contribution in [0.25, 0.3) is 16.9 Å². The van der Waals surface area contributed by atoms with Gasteiger partial charge in [0.25, 0.3) is 0 Å². The van der Waals surface area contributed by atoms with Crippen LogP contribution in [0.4, 0.5) is 0 Å². The molecule has 0 spiro atoms. The molecule has 0 radical (unpaired) electrons. The van der Waals surface area contributed by atoms with Crippen LogP contribution in [0.1, 0.15) is 5.69 Å². The van der Waals surface area contributed by atoms with E-state index in [0.717, 1.165) is 22.6 Å². The number of hydrogen-bond acceptors (Lipinski definition) is 1. The third-order valence-corrected chi connectivity index (χ3v) is 4.45. The van der Waals surface area contributed by atoms with Crippen LogP contribution in [0.5, 0.6) is 0 Å². The first-order valence-corrected chi connectivity index (χ1v) is 10.6. The second kappa shape index (κ2) is 6.13. The van der Waals surface area contributed by atoms with Gasteiger partial charge in [-0.1, -0.05) is 29.3 Å². The Hall–Kier alpha value is -1.60. The van der Waals surface area contributed by atoms with Crippen LogP contribution in [0, 0.1) is 11.2 Å². The fourth-order valence-electron chi connectivity index (χ4n) is 2.19. The molecule has 0 atom stereocenters. The van der Waals surface area contributed by atoms with E-state index in [-0.39, 0.29) is 0 Å². The van der Waals surface area contributed by atoms with Crippen molar-refractivity contribution in [3.05, 3.63) is 58.3 Å². The van der Waals surface area contributed by atoms with Crippen molar-refractivity contribution in [3.8, 4) is 22.4 Å². The molecule has 3 rings (SSSR count). The minimum Gasteiger partial charge on any atom is -0.292 e. The lowest BCUT2D eigenvalue weighted by molar-refractivity contribution is 1.16.